The summed E-state index contributed by atoms with van der Waals surface area (Å²) in [5.74, 6) is -0.0612. The molecule has 1 saturated heterocycles. The lowest BCUT2D eigenvalue weighted by Gasteiger charge is -2.26. The van der Waals surface area contributed by atoms with E-state index in [1.807, 2.05) is 19.9 Å². The highest BCUT2D eigenvalue weighted by molar-refractivity contribution is 5.93. The number of hydrogen-bond acceptors (Lipinski definition) is 4. The van der Waals surface area contributed by atoms with Crippen molar-refractivity contribution < 1.29 is 14.6 Å². The lowest BCUT2D eigenvalue weighted by atomic mass is 9.89. The van der Waals surface area contributed by atoms with Crippen LogP contribution in [0.15, 0.2) is 12.3 Å². The number of carbonyl (C=O) groups excluding carboxylic acids is 1. The van der Waals surface area contributed by atoms with Crippen molar-refractivity contribution in [1.82, 2.24) is 9.88 Å². The number of methoxy groups -OCH3 is 1. The molecule has 5 nitrogen and oxygen atoms in total. The fourth-order valence-corrected chi connectivity index (χ4v) is 2.80. The molecule has 1 aliphatic heterocycles. The number of hydrogen-bond donors (Lipinski definition) is 1. The first kappa shape index (κ1) is 14.9. The first-order valence-electron chi connectivity index (χ1n) is 6.84. The molecule has 1 atom stereocenters. The number of aryl methyl sites for hydroxylation is 2. The Labute approximate surface area is 119 Å². The fourth-order valence-electron chi connectivity index (χ4n) is 2.80. The van der Waals surface area contributed by atoms with Gasteiger partial charge in [-0.25, -0.2) is 0 Å². The van der Waals surface area contributed by atoms with E-state index in [4.69, 9.17) is 4.74 Å². The fraction of sp³-hybridized carbons (Fsp3) is 0.600. The second-order valence-electron chi connectivity index (χ2n) is 5.75. The van der Waals surface area contributed by atoms with E-state index in [9.17, 15) is 9.90 Å². The number of aliphatic hydroxyl groups excluding tert-OH is 1. The Kier molecular flexibility index (Phi) is 4.40. The van der Waals surface area contributed by atoms with E-state index in [2.05, 4.69) is 4.98 Å². The maximum Gasteiger partial charge on any atom is 0.272 e. The number of amides is 1. The van der Waals surface area contributed by atoms with Crippen LogP contribution in [-0.4, -0.2) is 54.3 Å². The zero-order chi connectivity index (χ0) is 14.8. The predicted molar refractivity (Wildman–Crippen MR) is 75.6 cm³/mol. The molecule has 0 saturated carbocycles. The average molecular weight is 278 g/mol. The van der Waals surface area contributed by atoms with Crippen LogP contribution in [0.3, 0.4) is 0 Å². The monoisotopic (exact) mass is 278 g/mol. The van der Waals surface area contributed by atoms with Gasteiger partial charge in [-0.05, 0) is 31.4 Å². The molecule has 1 amide bonds. The highest BCUT2D eigenvalue weighted by Crippen LogP contribution is 2.31. The van der Waals surface area contributed by atoms with Gasteiger partial charge in [-0.3, -0.25) is 9.78 Å². The molecule has 1 fully saturated rings. The minimum absolute atomic E-state index is 0.0327. The van der Waals surface area contributed by atoms with E-state index in [1.54, 1.807) is 18.2 Å². The van der Waals surface area contributed by atoms with Crippen molar-refractivity contribution in [3.63, 3.8) is 0 Å². The minimum atomic E-state index is -0.330. The topological polar surface area (TPSA) is 62.7 Å². The molecule has 2 heterocycles. The molecule has 110 valence electrons. The van der Waals surface area contributed by atoms with Crippen LogP contribution in [0.1, 0.15) is 28.0 Å². The zero-order valence-corrected chi connectivity index (χ0v) is 12.3. The van der Waals surface area contributed by atoms with E-state index < -0.39 is 0 Å². The molecule has 0 aliphatic carbocycles. The highest BCUT2D eigenvalue weighted by Gasteiger charge is 2.40. The van der Waals surface area contributed by atoms with Gasteiger partial charge in [0.05, 0.1) is 13.2 Å². The van der Waals surface area contributed by atoms with Crippen molar-refractivity contribution in [1.29, 1.82) is 0 Å². The maximum atomic E-state index is 12.5. The summed E-state index contributed by atoms with van der Waals surface area (Å²) in [4.78, 5) is 18.5. The largest absolute Gasteiger partial charge is 0.396 e. The predicted octanol–water partition coefficient (Wildman–Crippen LogP) is 1.17. The van der Waals surface area contributed by atoms with E-state index in [1.165, 1.54) is 0 Å². The average Bonchev–Trinajstić information content (AvgIpc) is 2.83. The number of pyridine rings is 1. The third-order valence-corrected chi connectivity index (χ3v) is 3.93. The number of aliphatic hydroxyl groups is 1. The van der Waals surface area contributed by atoms with Crippen LogP contribution in [0.5, 0.6) is 0 Å². The Morgan fingerprint density at radius 3 is 2.90 bits per heavy atom. The van der Waals surface area contributed by atoms with Gasteiger partial charge in [-0.1, -0.05) is 6.07 Å². The second kappa shape index (κ2) is 5.89. The number of aromatic nitrogens is 1. The Morgan fingerprint density at radius 1 is 1.55 bits per heavy atom. The molecule has 1 aliphatic rings. The van der Waals surface area contributed by atoms with Crippen LogP contribution in [0.2, 0.25) is 0 Å². The van der Waals surface area contributed by atoms with Crippen molar-refractivity contribution in [3.8, 4) is 0 Å². The molecular formula is C15H22N2O3. The van der Waals surface area contributed by atoms with E-state index in [-0.39, 0.29) is 17.9 Å². The number of carbonyl (C=O) groups is 1. The van der Waals surface area contributed by atoms with Crippen LogP contribution in [0, 0.1) is 19.3 Å². The molecule has 5 heteroatoms. The molecule has 1 aromatic heterocycles. The number of nitrogens with zero attached hydrogens (tertiary/aromatic N) is 2. The van der Waals surface area contributed by atoms with Crippen molar-refractivity contribution in [2.45, 2.75) is 20.3 Å². The summed E-state index contributed by atoms with van der Waals surface area (Å²) in [7, 11) is 1.62. The number of ether oxygens (including phenoxy) is 1. The Morgan fingerprint density at radius 2 is 2.30 bits per heavy atom. The van der Waals surface area contributed by atoms with Crippen LogP contribution in [-0.2, 0) is 4.74 Å². The first-order valence-corrected chi connectivity index (χ1v) is 6.84. The lowest BCUT2D eigenvalue weighted by molar-refractivity contribution is 0.0342. The molecule has 0 bridgehead atoms. The summed E-state index contributed by atoms with van der Waals surface area (Å²) < 4.78 is 5.18. The normalized spacial score (nSPS) is 22.3. The molecule has 20 heavy (non-hydrogen) atoms. The molecule has 0 spiro atoms. The lowest BCUT2D eigenvalue weighted by Crippen LogP contribution is -2.37. The quantitative estimate of drug-likeness (QED) is 0.898. The molecular weight excluding hydrogens is 256 g/mol. The van der Waals surface area contributed by atoms with Crippen LogP contribution in [0.4, 0.5) is 0 Å². The van der Waals surface area contributed by atoms with Crippen LogP contribution in [0.25, 0.3) is 0 Å². The second-order valence-corrected chi connectivity index (χ2v) is 5.75. The van der Waals surface area contributed by atoms with Gasteiger partial charge in [0.15, 0.2) is 0 Å². The number of rotatable bonds is 4. The summed E-state index contributed by atoms with van der Waals surface area (Å²) in [6, 6.07) is 1.96. The van der Waals surface area contributed by atoms with Crippen molar-refractivity contribution in [2.75, 3.05) is 33.4 Å². The van der Waals surface area contributed by atoms with Gasteiger partial charge in [0, 0.05) is 31.8 Å². The third-order valence-electron chi connectivity index (χ3n) is 3.93. The van der Waals surface area contributed by atoms with Gasteiger partial charge >= 0.3 is 0 Å². The molecule has 2 rings (SSSR count). The van der Waals surface area contributed by atoms with Crippen molar-refractivity contribution in [2.24, 2.45) is 5.41 Å². The summed E-state index contributed by atoms with van der Waals surface area (Å²) >= 11 is 0. The smallest absolute Gasteiger partial charge is 0.272 e. The Bertz CT molecular complexity index is 504. The molecule has 1 N–H and O–H groups in total. The Hall–Kier alpha value is -1.46. The van der Waals surface area contributed by atoms with Crippen LogP contribution >= 0.6 is 0 Å². The minimum Gasteiger partial charge on any atom is -0.396 e. The summed E-state index contributed by atoms with van der Waals surface area (Å²) in [6.45, 7) is 5.51. The third kappa shape index (κ3) is 2.83. The molecule has 0 radical (unpaired) electrons. The van der Waals surface area contributed by atoms with Gasteiger partial charge in [0.25, 0.3) is 5.91 Å². The zero-order valence-electron chi connectivity index (χ0n) is 12.3. The van der Waals surface area contributed by atoms with Gasteiger partial charge in [0.2, 0.25) is 0 Å². The molecule has 1 aromatic rings. The maximum absolute atomic E-state index is 12.5. The van der Waals surface area contributed by atoms with E-state index in [0.717, 1.165) is 17.5 Å². The van der Waals surface area contributed by atoms with Crippen molar-refractivity contribution in [3.05, 3.63) is 29.1 Å². The standard InChI is InChI=1S/C15H22N2O3/c1-11-6-12(2)13(16-7-11)14(19)17-5-4-15(8-17,9-18)10-20-3/h6-7,18H,4-5,8-10H2,1-3H3. The molecule has 0 aromatic carbocycles. The van der Waals surface area contributed by atoms with Gasteiger partial charge in [-0.2, -0.15) is 0 Å². The Balaban J connectivity index is 2.15. The van der Waals surface area contributed by atoms with Gasteiger partial charge in [0.1, 0.15) is 5.69 Å². The SMILES string of the molecule is COCC1(CO)CCN(C(=O)c2ncc(C)cc2C)C1. The van der Waals surface area contributed by atoms with Gasteiger partial charge in [-0.15, -0.1) is 0 Å². The van der Waals surface area contributed by atoms with Crippen molar-refractivity contribution >= 4 is 5.91 Å². The van der Waals surface area contributed by atoms with E-state index >= 15 is 0 Å². The number of likely N-dealkylation sites (tertiary alicyclic amines) is 1. The summed E-state index contributed by atoms with van der Waals surface area (Å²) in [5, 5.41) is 9.58. The highest BCUT2D eigenvalue weighted by atomic mass is 16.5. The summed E-state index contributed by atoms with van der Waals surface area (Å²) in [6.07, 6.45) is 2.47. The van der Waals surface area contributed by atoms with Crippen LogP contribution < -0.4 is 0 Å². The summed E-state index contributed by atoms with van der Waals surface area (Å²) in [5.41, 5.74) is 2.11. The first-order chi connectivity index (χ1) is 9.51. The van der Waals surface area contributed by atoms with Gasteiger partial charge < -0.3 is 14.7 Å². The molecule has 1 unspecified atom stereocenters. The van der Waals surface area contributed by atoms with E-state index in [0.29, 0.717) is 25.4 Å².